The largest absolute Gasteiger partial charge is 0.497 e. The van der Waals surface area contributed by atoms with Crippen molar-refractivity contribution in [2.45, 2.75) is 12.8 Å². The van der Waals surface area contributed by atoms with Crippen molar-refractivity contribution in [3.63, 3.8) is 0 Å². The molecule has 6 heteroatoms. The summed E-state index contributed by atoms with van der Waals surface area (Å²) in [6.07, 6.45) is 1.25. The second-order valence-corrected chi connectivity index (χ2v) is 9.35. The molecule has 1 saturated heterocycles. The molecule has 2 heterocycles. The molecule has 2 amide bonds. The maximum absolute atomic E-state index is 13.3. The number of methoxy groups -OCH3 is 1. The highest BCUT2D eigenvalue weighted by Crippen LogP contribution is 2.37. The van der Waals surface area contributed by atoms with Crippen LogP contribution in [-0.2, 0) is 11.2 Å². The van der Waals surface area contributed by atoms with E-state index >= 15 is 0 Å². The molecule has 1 unspecified atom stereocenters. The van der Waals surface area contributed by atoms with E-state index in [2.05, 4.69) is 41.1 Å². The summed E-state index contributed by atoms with van der Waals surface area (Å²) in [4.78, 5) is 29.9. The molecular weight excluding hydrogens is 420 g/mol. The Balaban J connectivity index is 1.56. The Morgan fingerprint density at radius 3 is 2.53 bits per heavy atom. The van der Waals surface area contributed by atoms with Crippen LogP contribution in [0.4, 0.5) is 0 Å². The number of carbonyl (C=O) groups excluding carboxylic acids is 2. The van der Waals surface area contributed by atoms with Gasteiger partial charge >= 0.3 is 0 Å². The fraction of sp³-hybridized carbons (Fsp3) is 0.308. The quantitative estimate of drug-likeness (QED) is 0.554. The Kier molecular flexibility index (Phi) is 6.33. The standard InChI is InChI=1S/C26H28N2O3S/c1-27(2)25(30)26(16-19-7-9-20(10-8-19)22-11-14-32-17-22)12-13-28(18-26)24(29)21-5-4-6-23(15-21)31-3/h4-11,14-15,17H,12-13,16,18H2,1-3H3. The minimum atomic E-state index is -0.623. The van der Waals surface area contributed by atoms with Gasteiger partial charge in [0.25, 0.3) is 5.91 Å². The molecule has 0 bridgehead atoms. The molecule has 4 rings (SSSR count). The van der Waals surface area contributed by atoms with Gasteiger partial charge in [-0.3, -0.25) is 9.59 Å². The SMILES string of the molecule is COc1cccc(C(=O)N2CCC(Cc3ccc(-c4ccsc4)cc3)(C(=O)N(C)C)C2)c1. The van der Waals surface area contributed by atoms with Gasteiger partial charge in [-0.25, -0.2) is 0 Å². The van der Waals surface area contributed by atoms with Gasteiger partial charge in [-0.1, -0.05) is 30.3 Å². The van der Waals surface area contributed by atoms with Crippen LogP contribution >= 0.6 is 11.3 Å². The van der Waals surface area contributed by atoms with E-state index in [1.165, 1.54) is 11.1 Å². The molecule has 0 aliphatic carbocycles. The van der Waals surface area contributed by atoms with E-state index in [4.69, 9.17) is 4.74 Å². The minimum absolute atomic E-state index is 0.0647. The lowest BCUT2D eigenvalue weighted by atomic mass is 9.79. The summed E-state index contributed by atoms with van der Waals surface area (Å²) in [7, 11) is 5.16. The number of hydrogen-bond acceptors (Lipinski definition) is 4. The number of nitrogens with zero attached hydrogens (tertiary/aromatic N) is 2. The van der Waals surface area contributed by atoms with Crippen LogP contribution in [0.25, 0.3) is 11.1 Å². The van der Waals surface area contributed by atoms with E-state index in [0.717, 1.165) is 5.56 Å². The van der Waals surface area contributed by atoms with Crippen LogP contribution in [-0.4, -0.2) is 55.9 Å². The van der Waals surface area contributed by atoms with Crippen molar-refractivity contribution in [1.82, 2.24) is 9.80 Å². The first-order valence-corrected chi connectivity index (χ1v) is 11.6. The van der Waals surface area contributed by atoms with Crippen molar-refractivity contribution in [3.8, 4) is 16.9 Å². The number of hydrogen-bond donors (Lipinski definition) is 0. The molecule has 0 N–H and O–H groups in total. The second kappa shape index (κ2) is 9.17. The third-order valence-electron chi connectivity index (χ3n) is 6.17. The molecule has 1 fully saturated rings. The van der Waals surface area contributed by atoms with E-state index in [-0.39, 0.29) is 11.8 Å². The maximum atomic E-state index is 13.3. The van der Waals surface area contributed by atoms with Gasteiger partial charge in [0.2, 0.25) is 5.91 Å². The Morgan fingerprint density at radius 1 is 1.09 bits per heavy atom. The van der Waals surface area contributed by atoms with E-state index in [0.29, 0.717) is 37.2 Å². The van der Waals surface area contributed by atoms with Gasteiger partial charge in [0.05, 0.1) is 12.5 Å². The van der Waals surface area contributed by atoms with Crippen molar-refractivity contribution >= 4 is 23.2 Å². The van der Waals surface area contributed by atoms with Crippen LogP contribution in [0.5, 0.6) is 5.75 Å². The molecular formula is C26H28N2O3S. The highest BCUT2D eigenvalue weighted by molar-refractivity contribution is 7.08. The zero-order valence-corrected chi connectivity index (χ0v) is 19.5. The molecule has 3 aromatic rings. The molecule has 5 nitrogen and oxygen atoms in total. The van der Waals surface area contributed by atoms with Gasteiger partial charge in [0.1, 0.15) is 5.75 Å². The summed E-state index contributed by atoms with van der Waals surface area (Å²) in [5.41, 5.74) is 3.44. The summed E-state index contributed by atoms with van der Waals surface area (Å²) < 4.78 is 5.26. The summed E-state index contributed by atoms with van der Waals surface area (Å²) in [5.74, 6) is 0.655. The van der Waals surface area contributed by atoms with Crippen LogP contribution in [0.1, 0.15) is 22.3 Å². The van der Waals surface area contributed by atoms with Gasteiger partial charge in [-0.15, -0.1) is 0 Å². The van der Waals surface area contributed by atoms with Crippen molar-refractivity contribution in [2.24, 2.45) is 5.41 Å². The number of rotatable bonds is 6. The van der Waals surface area contributed by atoms with Crippen molar-refractivity contribution in [3.05, 3.63) is 76.5 Å². The van der Waals surface area contributed by atoms with Crippen molar-refractivity contribution in [2.75, 3.05) is 34.3 Å². The van der Waals surface area contributed by atoms with Crippen LogP contribution in [0.2, 0.25) is 0 Å². The number of thiophene rings is 1. The van der Waals surface area contributed by atoms with Gasteiger partial charge < -0.3 is 14.5 Å². The monoisotopic (exact) mass is 448 g/mol. The molecule has 1 atom stereocenters. The fourth-order valence-electron chi connectivity index (χ4n) is 4.49. The molecule has 2 aromatic carbocycles. The second-order valence-electron chi connectivity index (χ2n) is 8.57. The summed E-state index contributed by atoms with van der Waals surface area (Å²) in [6.45, 7) is 0.967. The Morgan fingerprint density at radius 2 is 1.88 bits per heavy atom. The average Bonchev–Trinajstić information content (AvgIpc) is 3.50. The first-order valence-electron chi connectivity index (χ1n) is 10.7. The zero-order valence-electron chi connectivity index (χ0n) is 18.7. The number of carbonyl (C=O) groups is 2. The van der Waals surface area contributed by atoms with Gasteiger partial charge in [-0.2, -0.15) is 11.3 Å². The van der Waals surface area contributed by atoms with Crippen LogP contribution in [0, 0.1) is 5.41 Å². The van der Waals surface area contributed by atoms with Crippen LogP contribution < -0.4 is 4.74 Å². The smallest absolute Gasteiger partial charge is 0.254 e. The molecule has 1 aromatic heterocycles. The molecule has 0 saturated carbocycles. The molecule has 1 aliphatic heterocycles. The predicted octanol–water partition coefficient (Wildman–Crippen LogP) is 4.59. The lowest BCUT2D eigenvalue weighted by Crippen LogP contribution is -2.44. The molecule has 0 spiro atoms. The lowest BCUT2D eigenvalue weighted by molar-refractivity contribution is -0.138. The van der Waals surface area contributed by atoms with E-state index < -0.39 is 5.41 Å². The van der Waals surface area contributed by atoms with E-state index in [9.17, 15) is 9.59 Å². The molecule has 0 radical (unpaired) electrons. The average molecular weight is 449 g/mol. The summed E-state index contributed by atoms with van der Waals surface area (Å²) in [6, 6.07) is 17.7. The number of benzene rings is 2. The van der Waals surface area contributed by atoms with Crippen LogP contribution in [0.3, 0.4) is 0 Å². The van der Waals surface area contributed by atoms with E-state index in [1.54, 1.807) is 54.5 Å². The first-order chi connectivity index (χ1) is 15.4. The number of likely N-dealkylation sites (tertiary alicyclic amines) is 1. The Bertz CT molecular complexity index is 1090. The molecule has 1 aliphatic rings. The minimum Gasteiger partial charge on any atom is -0.497 e. The fourth-order valence-corrected chi connectivity index (χ4v) is 5.15. The van der Waals surface area contributed by atoms with Crippen LogP contribution in [0.15, 0.2) is 65.4 Å². The maximum Gasteiger partial charge on any atom is 0.254 e. The third-order valence-corrected chi connectivity index (χ3v) is 6.85. The normalized spacial score (nSPS) is 17.9. The molecule has 32 heavy (non-hydrogen) atoms. The van der Waals surface area contributed by atoms with Gasteiger partial charge in [0, 0.05) is 32.7 Å². The number of amides is 2. The van der Waals surface area contributed by atoms with Gasteiger partial charge in [-0.05, 0) is 64.6 Å². The topological polar surface area (TPSA) is 49.9 Å². The predicted molar refractivity (Wildman–Crippen MR) is 128 cm³/mol. The van der Waals surface area contributed by atoms with E-state index in [1.807, 2.05) is 12.1 Å². The number of ether oxygens (including phenoxy) is 1. The first kappa shape index (κ1) is 22.1. The highest BCUT2D eigenvalue weighted by atomic mass is 32.1. The Hall–Kier alpha value is -3.12. The zero-order chi connectivity index (χ0) is 22.7. The lowest BCUT2D eigenvalue weighted by Gasteiger charge is -2.31. The Labute approximate surface area is 193 Å². The molecule has 166 valence electrons. The van der Waals surface area contributed by atoms with Crippen molar-refractivity contribution in [1.29, 1.82) is 0 Å². The third kappa shape index (κ3) is 4.41. The highest BCUT2D eigenvalue weighted by Gasteiger charge is 2.46. The summed E-state index contributed by atoms with van der Waals surface area (Å²) >= 11 is 1.68. The summed E-state index contributed by atoms with van der Waals surface area (Å²) in [5, 5.41) is 4.20. The van der Waals surface area contributed by atoms with Gasteiger partial charge in [0.15, 0.2) is 0 Å². The van der Waals surface area contributed by atoms with Crippen molar-refractivity contribution < 1.29 is 14.3 Å².